The number of hydrogen-bond donors (Lipinski definition) is 2. The van der Waals surface area contributed by atoms with E-state index < -0.39 is 0 Å². The molecule has 0 bridgehead atoms. The third kappa shape index (κ3) is 4.49. The number of rotatable bonds is 4. The van der Waals surface area contributed by atoms with Crippen LogP contribution in [0.15, 0.2) is 18.2 Å². The van der Waals surface area contributed by atoms with E-state index >= 15 is 0 Å². The van der Waals surface area contributed by atoms with Gasteiger partial charge in [-0.15, -0.1) is 12.4 Å². The SMILES string of the molecule is CC(C)(CNC(=O)C1CCCN1)c1c(Cl)cccc1Cl.Cl. The first-order chi connectivity index (χ1) is 9.42. The number of hydrogen-bond acceptors (Lipinski definition) is 2. The average molecular weight is 352 g/mol. The lowest BCUT2D eigenvalue weighted by atomic mass is 9.84. The zero-order valence-corrected chi connectivity index (χ0v) is 14.5. The van der Waals surface area contributed by atoms with Crippen LogP contribution in [0.5, 0.6) is 0 Å². The fraction of sp³-hybridized carbons (Fsp3) is 0.533. The van der Waals surface area contributed by atoms with E-state index in [4.69, 9.17) is 23.2 Å². The molecule has 1 heterocycles. The van der Waals surface area contributed by atoms with Crippen molar-refractivity contribution in [3.05, 3.63) is 33.8 Å². The number of carbonyl (C=O) groups is 1. The van der Waals surface area contributed by atoms with E-state index in [-0.39, 0.29) is 29.8 Å². The Hall–Kier alpha value is -0.480. The molecule has 0 aliphatic carbocycles. The molecular weight excluding hydrogens is 331 g/mol. The molecule has 118 valence electrons. The molecule has 1 aromatic carbocycles. The smallest absolute Gasteiger partial charge is 0.237 e. The van der Waals surface area contributed by atoms with Gasteiger partial charge in [0.25, 0.3) is 0 Å². The molecule has 6 heteroatoms. The van der Waals surface area contributed by atoms with Crippen LogP contribution in [-0.2, 0) is 10.2 Å². The van der Waals surface area contributed by atoms with Gasteiger partial charge in [-0.25, -0.2) is 0 Å². The van der Waals surface area contributed by atoms with Crippen molar-refractivity contribution in [3.8, 4) is 0 Å². The second-order valence-electron chi connectivity index (χ2n) is 5.85. The highest BCUT2D eigenvalue weighted by molar-refractivity contribution is 6.36. The summed E-state index contributed by atoms with van der Waals surface area (Å²) in [7, 11) is 0. The fourth-order valence-electron chi connectivity index (χ4n) is 2.57. The Morgan fingerprint density at radius 3 is 2.52 bits per heavy atom. The van der Waals surface area contributed by atoms with Crippen LogP contribution in [0, 0.1) is 0 Å². The number of halogens is 3. The van der Waals surface area contributed by atoms with E-state index in [1.54, 1.807) is 0 Å². The van der Waals surface area contributed by atoms with Crippen molar-refractivity contribution in [2.45, 2.75) is 38.1 Å². The van der Waals surface area contributed by atoms with Crippen molar-refractivity contribution in [1.82, 2.24) is 10.6 Å². The predicted molar refractivity (Wildman–Crippen MR) is 90.8 cm³/mol. The standard InChI is InChI=1S/C15H20Cl2N2O.ClH/c1-15(2,13-10(16)5-3-6-11(13)17)9-19-14(20)12-7-4-8-18-12;/h3,5-6,12,18H,4,7-9H2,1-2H3,(H,19,20);1H. The molecule has 1 unspecified atom stereocenters. The first-order valence-corrected chi connectivity index (χ1v) is 7.63. The molecule has 2 rings (SSSR count). The molecule has 1 amide bonds. The van der Waals surface area contributed by atoms with Crippen LogP contribution in [-0.4, -0.2) is 25.0 Å². The number of benzene rings is 1. The van der Waals surface area contributed by atoms with E-state index in [0.717, 1.165) is 24.9 Å². The van der Waals surface area contributed by atoms with Crippen LogP contribution < -0.4 is 10.6 Å². The summed E-state index contributed by atoms with van der Waals surface area (Å²) in [5.41, 5.74) is 0.562. The molecule has 21 heavy (non-hydrogen) atoms. The maximum Gasteiger partial charge on any atom is 0.237 e. The second-order valence-corrected chi connectivity index (χ2v) is 6.66. The van der Waals surface area contributed by atoms with E-state index in [1.807, 2.05) is 32.0 Å². The highest BCUT2D eigenvalue weighted by Crippen LogP contribution is 2.35. The first kappa shape index (κ1) is 18.6. The zero-order chi connectivity index (χ0) is 14.8. The zero-order valence-electron chi connectivity index (χ0n) is 12.2. The fourth-order valence-corrected chi connectivity index (χ4v) is 3.48. The van der Waals surface area contributed by atoms with Crippen LogP contribution in [0.2, 0.25) is 10.0 Å². The van der Waals surface area contributed by atoms with E-state index in [0.29, 0.717) is 16.6 Å². The Bertz CT molecular complexity index is 479. The van der Waals surface area contributed by atoms with Crippen LogP contribution in [0.4, 0.5) is 0 Å². The number of carbonyl (C=O) groups excluding carboxylic acids is 1. The second kappa shape index (κ2) is 7.68. The van der Waals surface area contributed by atoms with Crippen LogP contribution in [0.3, 0.4) is 0 Å². The number of nitrogens with one attached hydrogen (secondary N) is 2. The third-order valence-electron chi connectivity index (χ3n) is 3.72. The summed E-state index contributed by atoms with van der Waals surface area (Å²) in [5.74, 6) is 0.0544. The minimum absolute atomic E-state index is 0. The van der Waals surface area contributed by atoms with Crippen molar-refractivity contribution in [1.29, 1.82) is 0 Å². The summed E-state index contributed by atoms with van der Waals surface area (Å²) < 4.78 is 0. The van der Waals surface area contributed by atoms with Crippen molar-refractivity contribution >= 4 is 41.5 Å². The Morgan fingerprint density at radius 1 is 1.38 bits per heavy atom. The molecule has 1 aromatic rings. The molecule has 1 atom stereocenters. The summed E-state index contributed by atoms with van der Waals surface area (Å²) in [5, 5.41) is 7.46. The normalized spacial score (nSPS) is 18.2. The van der Waals surface area contributed by atoms with Gasteiger partial charge in [0.05, 0.1) is 6.04 Å². The summed E-state index contributed by atoms with van der Waals surface area (Å²) in [4.78, 5) is 12.1. The van der Waals surface area contributed by atoms with Gasteiger partial charge in [0.2, 0.25) is 5.91 Å². The Morgan fingerprint density at radius 2 is 2.00 bits per heavy atom. The minimum Gasteiger partial charge on any atom is -0.354 e. The monoisotopic (exact) mass is 350 g/mol. The van der Waals surface area contributed by atoms with Crippen molar-refractivity contribution in [2.75, 3.05) is 13.1 Å². The lowest BCUT2D eigenvalue weighted by Crippen LogP contribution is -2.45. The molecule has 3 nitrogen and oxygen atoms in total. The van der Waals surface area contributed by atoms with Gasteiger partial charge in [-0.3, -0.25) is 4.79 Å². The van der Waals surface area contributed by atoms with Gasteiger partial charge in [-0.1, -0.05) is 43.1 Å². The Kier molecular flexibility index (Phi) is 6.79. The first-order valence-electron chi connectivity index (χ1n) is 6.87. The van der Waals surface area contributed by atoms with Gasteiger partial charge < -0.3 is 10.6 Å². The largest absolute Gasteiger partial charge is 0.354 e. The summed E-state index contributed by atoms with van der Waals surface area (Å²) >= 11 is 12.5. The quantitative estimate of drug-likeness (QED) is 0.871. The number of amides is 1. The molecule has 2 N–H and O–H groups in total. The Balaban J connectivity index is 0.00000220. The van der Waals surface area contributed by atoms with Gasteiger partial charge >= 0.3 is 0 Å². The van der Waals surface area contributed by atoms with Gasteiger partial charge in [-0.05, 0) is 37.1 Å². The van der Waals surface area contributed by atoms with E-state index in [2.05, 4.69) is 10.6 Å². The summed E-state index contributed by atoms with van der Waals surface area (Å²) in [6, 6.07) is 5.41. The molecule has 1 aliphatic heterocycles. The maximum absolute atomic E-state index is 12.1. The van der Waals surface area contributed by atoms with Gasteiger partial charge in [-0.2, -0.15) is 0 Å². The van der Waals surface area contributed by atoms with Crippen molar-refractivity contribution < 1.29 is 4.79 Å². The van der Waals surface area contributed by atoms with Crippen LogP contribution >= 0.6 is 35.6 Å². The van der Waals surface area contributed by atoms with Crippen LogP contribution in [0.25, 0.3) is 0 Å². The molecule has 1 fully saturated rings. The Labute approximate surface area is 142 Å². The van der Waals surface area contributed by atoms with Crippen molar-refractivity contribution in [3.63, 3.8) is 0 Å². The van der Waals surface area contributed by atoms with E-state index in [1.165, 1.54) is 0 Å². The minimum atomic E-state index is -0.316. The summed E-state index contributed by atoms with van der Waals surface area (Å²) in [6.07, 6.45) is 1.96. The third-order valence-corrected chi connectivity index (χ3v) is 4.35. The maximum atomic E-state index is 12.1. The molecule has 1 aliphatic rings. The van der Waals surface area contributed by atoms with Gasteiger partial charge in [0.1, 0.15) is 0 Å². The van der Waals surface area contributed by atoms with E-state index in [9.17, 15) is 4.79 Å². The lowest BCUT2D eigenvalue weighted by Gasteiger charge is -2.28. The van der Waals surface area contributed by atoms with Gasteiger partial charge in [0, 0.05) is 22.0 Å². The predicted octanol–water partition coefficient (Wildman–Crippen LogP) is 3.56. The topological polar surface area (TPSA) is 41.1 Å². The molecule has 0 saturated carbocycles. The molecular formula is C15H21Cl3N2O. The molecule has 0 aromatic heterocycles. The molecule has 0 radical (unpaired) electrons. The molecule has 0 spiro atoms. The average Bonchev–Trinajstić information content (AvgIpc) is 2.89. The van der Waals surface area contributed by atoms with Crippen molar-refractivity contribution in [2.24, 2.45) is 0 Å². The highest BCUT2D eigenvalue weighted by atomic mass is 35.5. The summed E-state index contributed by atoms with van der Waals surface area (Å²) in [6.45, 7) is 5.48. The van der Waals surface area contributed by atoms with Crippen LogP contribution in [0.1, 0.15) is 32.3 Å². The van der Waals surface area contributed by atoms with Gasteiger partial charge in [0.15, 0.2) is 0 Å². The lowest BCUT2D eigenvalue weighted by molar-refractivity contribution is -0.123. The molecule has 1 saturated heterocycles. The highest BCUT2D eigenvalue weighted by Gasteiger charge is 2.28.